The van der Waals surface area contributed by atoms with Gasteiger partial charge in [0.1, 0.15) is 0 Å². The van der Waals surface area contributed by atoms with Crippen molar-refractivity contribution in [1.29, 1.82) is 0 Å². The molecule has 0 aliphatic carbocycles. The first-order chi connectivity index (χ1) is 9.49. The first-order valence-corrected chi connectivity index (χ1v) is 7.49. The van der Waals surface area contributed by atoms with E-state index in [9.17, 15) is 0 Å². The fourth-order valence-electron chi connectivity index (χ4n) is 2.02. The molecule has 6 heteroatoms. The maximum Gasteiger partial charge on any atom is 0.205 e. The zero-order valence-corrected chi connectivity index (χ0v) is 13.8. The number of hydrogen-bond donors (Lipinski definition) is 3. The van der Waals surface area contributed by atoms with E-state index in [1.165, 1.54) is 0 Å². The Balaban J connectivity index is 4.27. The van der Waals surface area contributed by atoms with Gasteiger partial charge in [-0.1, -0.05) is 13.8 Å². The molecule has 0 aliphatic rings. The summed E-state index contributed by atoms with van der Waals surface area (Å²) in [5.74, 6) is 6.83. The van der Waals surface area contributed by atoms with Crippen LogP contribution in [0.1, 0.15) is 33.6 Å². The molecule has 0 fully saturated rings. The number of nitrogens with one attached hydrogen (secondary N) is 2. The maximum atomic E-state index is 5.54. The lowest BCUT2D eigenvalue weighted by molar-refractivity contribution is 0.146. The molecule has 1 atom stereocenters. The highest BCUT2D eigenvalue weighted by Gasteiger charge is 2.13. The number of guanidine groups is 1. The molecule has 0 aromatic heterocycles. The fraction of sp³-hybridized carbons (Fsp3) is 0.929. The molecular weight excluding hydrogens is 254 g/mol. The molecule has 0 aromatic carbocycles. The smallest absolute Gasteiger partial charge is 0.205 e. The number of nitrogens with two attached hydrogens (primary N) is 1. The average Bonchev–Trinajstić information content (AvgIpc) is 2.35. The van der Waals surface area contributed by atoms with E-state index in [1.807, 2.05) is 6.92 Å². The summed E-state index contributed by atoms with van der Waals surface area (Å²) in [5.41, 5.74) is 2.65. The van der Waals surface area contributed by atoms with Crippen LogP contribution in [0.4, 0.5) is 0 Å². The molecule has 0 aliphatic heterocycles. The van der Waals surface area contributed by atoms with Crippen LogP contribution in [-0.4, -0.2) is 57.3 Å². The summed E-state index contributed by atoms with van der Waals surface area (Å²) in [6.45, 7) is 9.60. The van der Waals surface area contributed by atoms with Gasteiger partial charge in [0.25, 0.3) is 0 Å². The van der Waals surface area contributed by atoms with Crippen molar-refractivity contribution in [2.24, 2.45) is 16.8 Å². The highest BCUT2D eigenvalue weighted by atomic mass is 16.5. The summed E-state index contributed by atoms with van der Waals surface area (Å²) in [6.07, 6.45) is 1.99. The van der Waals surface area contributed by atoms with Gasteiger partial charge in [-0.3, -0.25) is 10.4 Å². The molecule has 0 spiro atoms. The number of likely N-dealkylation sites (N-methyl/N-ethyl adjacent to an activating group) is 1. The highest BCUT2D eigenvalue weighted by Crippen LogP contribution is 2.05. The summed E-state index contributed by atoms with van der Waals surface area (Å²) < 4.78 is 5.29. The highest BCUT2D eigenvalue weighted by molar-refractivity contribution is 5.79. The average molecular weight is 287 g/mol. The van der Waals surface area contributed by atoms with E-state index < -0.39 is 0 Å². The Morgan fingerprint density at radius 1 is 1.35 bits per heavy atom. The molecule has 0 rings (SSSR count). The van der Waals surface area contributed by atoms with E-state index >= 15 is 0 Å². The van der Waals surface area contributed by atoms with Crippen molar-refractivity contribution in [3.8, 4) is 0 Å². The lowest BCUT2D eigenvalue weighted by Gasteiger charge is -2.25. The van der Waals surface area contributed by atoms with Crippen LogP contribution in [0.2, 0.25) is 0 Å². The molecule has 0 amide bonds. The maximum absolute atomic E-state index is 5.54. The minimum Gasteiger partial charge on any atom is -0.382 e. The number of hydrogen-bond acceptors (Lipinski definition) is 4. The number of nitrogens with zero attached hydrogens (tertiary/aromatic N) is 2. The predicted molar refractivity (Wildman–Crippen MR) is 85.7 cm³/mol. The Kier molecular flexibility index (Phi) is 11.4. The van der Waals surface area contributed by atoms with Gasteiger partial charge in [-0.25, -0.2) is 5.84 Å². The number of aliphatic imine (C=N–C) groups is 1. The van der Waals surface area contributed by atoms with Gasteiger partial charge in [0.15, 0.2) is 0 Å². The van der Waals surface area contributed by atoms with Crippen molar-refractivity contribution in [3.63, 3.8) is 0 Å². The molecule has 0 aromatic rings. The standard InChI is InChI=1S/C14H33N5O/c1-6-20-9-7-8-16-14(18-15)17-13(10-12(2)3)11-19(4)5/h12-13H,6-11,15H2,1-5H3,(H2,16,17,18). The van der Waals surface area contributed by atoms with Crippen molar-refractivity contribution in [1.82, 2.24) is 15.6 Å². The molecule has 1 unspecified atom stereocenters. The molecule has 0 heterocycles. The predicted octanol–water partition coefficient (Wildman–Crippen LogP) is 0.798. The monoisotopic (exact) mass is 287 g/mol. The molecule has 0 radical (unpaired) electrons. The minimum atomic E-state index is 0.340. The van der Waals surface area contributed by atoms with Crippen LogP contribution in [0.25, 0.3) is 0 Å². The summed E-state index contributed by atoms with van der Waals surface area (Å²) in [4.78, 5) is 6.61. The van der Waals surface area contributed by atoms with Crippen LogP contribution in [0, 0.1) is 5.92 Å². The Morgan fingerprint density at radius 3 is 2.55 bits per heavy atom. The SMILES string of the molecule is CCOCCCN=C(NN)NC(CC(C)C)CN(C)C. The van der Waals surface area contributed by atoms with Gasteiger partial charge in [-0.2, -0.15) is 0 Å². The van der Waals surface area contributed by atoms with Crippen LogP contribution in [0.5, 0.6) is 0 Å². The largest absolute Gasteiger partial charge is 0.382 e. The van der Waals surface area contributed by atoms with Crippen molar-refractivity contribution in [2.75, 3.05) is 40.4 Å². The van der Waals surface area contributed by atoms with Crippen molar-refractivity contribution < 1.29 is 4.74 Å². The Bertz CT molecular complexity index is 246. The van der Waals surface area contributed by atoms with E-state index in [0.29, 0.717) is 24.5 Å². The first-order valence-electron chi connectivity index (χ1n) is 7.49. The molecule has 4 N–H and O–H groups in total. The second kappa shape index (κ2) is 11.9. The molecule has 0 bridgehead atoms. The zero-order chi connectivity index (χ0) is 15.4. The van der Waals surface area contributed by atoms with E-state index in [2.05, 4.69) is 48.6 Å². The van der Waals surface area contributed by atoms with Crippen LogP contribution in [0.3, 0.4) is 0 Å². The Labute approximate surface area is 124 Å². The minimum absolute atomic E-state index is 0.340. The van der Waals surface area contributed by atoms with Crippen LogP contribution in [-0.2, 0) is 4.74 Å². The van der Waals surface area contributed by atoms with Gasteiger partial charge >= 0.3 is 0 Å². The Hall–Kier alpha value is -0.850. The van der Waals surface area contributed by atoms with Gasteiger partial charge in [0, 0.05) is 32.3 Å². The molecule has 0 saturated carbocycles. The summed E-state index contributed by atoms with van der Waals surface area (Å²) in [6, 6.07) is 0.340. The molecular formula is C14H33N5O. The normalized spacial score (nSPS) is 13.9. The third-order valence-corrected chi connectivity index (χ3v) is 2.74. The third kappa shape index (κ3) is 11.0. The van der Waals surface area contributed by atoms with Crippen molar-refractivity contribution in [2.45, 2.75) is 39.7 Å². The summed E-state index contributed by atoms with van der Waals surface area (Å²) >= 11 is 0. The van der Waals surface area contributed by atoms with Crippen LogP contribution >= 0.6 is 0 Å². The first kappa shape index (κ1) is 19.1. The van der Waals surface area contributed by atoms with Gasteiger partial charge in [-0.15, -0.1) is 0 Å². The van der Waals surface area contributed by atoms with Crippen molar-refractivity contribution >= 4 is 5.96 Å². The second-order valence-electron chi connectivity index (χ2n) is 5.66. The lowest BCUT2D eigenvalue weighted by Crippen LogP contribution is -2.50. The van der Waals surface area contributed by atoms with E-state index in [1.54, 1.807) is 0 Å². The molecule has 20 heavy (non-hydrogen) atoms. The van der Waals surface area contributed by atoms with E-state index in [-0.39, 0.29) is 0 Å². The molecule has 120 valence electrons. The van der Waals surface area contributed by atoms with E-state index in [0.717, 1.165) is 32.6 Å². The zero-order valence-electron chi connectivity index (χ0n) is 13.8. The number of hydrazine groups is 1. The Morgan fingerprint density at radius 2 is 2.05 bits per heavy atom. The number of ether oxygens (including phenoxy) is 1. The lowest BCUT2D eigenvalue weighted by atomic mass is 10.0. The molecule has 6 nitrogen and oxygen atoms in total. The van der Waals surface area contributed by atoms with Crippen LogP contribution < -0.4 is 16.6 Å². The van der Waals surface area contributed by atoms with Crippen molar-refractivity contribution in [3.05, 3.63) is 0 Å². The fourth-order valence-corrected chi connectivity index (χ4v) is 2.02. The quantitative estimate of drug-likeness (QED) is 0.182. The topological polar surface area (TPSA) is 74.9 Å². The van der Waals surface area contributed by atoms with Gasteiger partial charge in [0.05, 0.1) is 0 Å². The summed E-state index contributed by atoms with van der Waals surface area (Å²) in [5, 5.41) is 3.39. The van der Waals surface area contributed by atoms with E-state index in [4.69, 9.17) is 10.6 Å². The number of rotatable bonds is 10. The molecule has 0 saturated heterocycles. The van der Waals surface area contributed by atoms with Gasteiger partial charge < -0.3 is 15.0 Å². The van der Waals surface area contributed by atoms with Gasteiger partial charge in [-0.05, 0) is 39.8 Å². The second-order valence-corrected chi connectivity index (χ2v) is 5.66. The summed E-state index contributed by atoms with van der Waals surface area (Å²) in [7, 11) is 4.15. The van der Waals surface area contributed by atoms with Crippen LogP contribution in [0.15, 0.2) is 4.99 Å². The van der Waals surface area contributed by atoms with Gasteiger partial charge in [0.2, 0.25) is 5.96 Å². The third-order valence-electron chi connectivity index (χ3n) is 2.74.